The lowest BCUT2D eigenvalue weighted by atomic mass is 9.86. The molecule has 0 saturated heterocycles. The smallest absolute Gasteiger partial charge is 0.258 e. The number of carbonyl (C=O) groups is 1. The number of rotatable bonds is 5. The average Bonchev–Trinajstić information content (AvgIpc) is 2.78. The van der Waals surface area contributed by atoms with Gasteiger partial charge in [0, 0.05) is 12.1 Å². The normalized spacial score (nSPS) is 11.5. The van der Waals surface area contributed by atoms with Crippen molar-refractivity contribution in [3.05, 3.63) is 112 Å². The van der Waals surface area contributed by atoms with E-state index in [4.69, 9.17) is 0 Å². The van der Waals surface area contributed by atoms with E-state index in [0.717, 1.165) is 5.56 Å². The summed E-state index contributed by atoms with van der Waals surface area (Å²) in [5, 5.41) is 0.537. The van der Waals surface area contributed by atoms with Crippen LogP contribution >= 0.6 is 0 Å². The fourth-order valence-corrected chi connectivity index (χ4v) is 3.69. The van der Waals surface area contributed by atoms with Crippen LogP contribution in [-0.4, -0.2) is 20.8 Å². The molecule has 3 aromatic carbocycles. The van der Waals surface area contributed by atoms with Gasteiger partial charge in [0.05, 0.1) is 17.4 Å². The molecule has 1 amide bonds. The highest BCUT2D eigenvalue weighted by atomic mass is 16.2. The van der Waals surface area contributed by atoms with Gasteiger partial charge in [-0.15, -0.1) is 0 Å². The Morgan fingerprint density at radius 1 is 0.875 bits per heavy atom. The number of H-pyrrole nitrogens is 1. The van der Waals surface area contributed by atoms with Crippen molar-refractivity contribution in [3.63, 3.8) is 0 Å². The van der Waals surface area contributed by atoms with Crippen molar-refractivity contribution in [1.29, 1.82) is 0 Å². The lowest BCUT2D eigenvalue weighted by molar-refractivity contribution is 0.0725. The van der Waals surface area contributed by atoms with Gasteiger partial charge >= 0.3 is 0 Å². The zero-order valence-corrected chi connectivity index (χ0v) is 18.6. The number of nitrogens with zero attached hydrogens (tertiary/aromatic N) is 2. The molecule has 0 atom stereocenters. The minimum Gasteiger partial charge on any atom is -0.327 e. The minimum atomic E-state index is -0.202. The van der Waals surface area contributed by atoms with Gasteiger partial charge in [-0.3, -0.25) is 9.59 Å². The predicted molar refractivity (Wildman–Crippen MR) is 128 cm³/mol. The molecule has 4 rings (SSSR count). The van der Waals surface area contributed by atoms with Crippen LogP contribution in [0.3, 0.4) is 0 Å². The third-order valence-electron chi connectivity index (χ3n) is 5.50. The predicted octanol–water partition coefficient (Wildman–Crippen LogP) is 5.06. The summed E-state index contributed by atoms with van der Waals surface area (Å²) in [4.78, 5) is 35.1. The molecule has 0 aliphatic heterocycles. The standard InChI is InChI=1S/C27H27N3O2/c1-27(2,3)21-15-13-20(14-16-21)26(32)30(17-19-9-5-4-6-10-19)18-24-28-23-12-8-7-11-22(23)25(31)29-24/h4-16H,17-18H2,1-3H3,(H,28,29,31). The topological polar surface area (TPSA) is 66.1 Å². The molecule has 162 valence electrons. The number of para-hydroxylation sites is 1. The molecule has 5 nitrogen and oxygen atoms in total. The van der Waals surface area contributed by atoms with Crippen LogP contribution in [0.25, 0.3) is 10.9 Å². The molecular formula is C27H27N3O2. The van der Waals surface area contributed by atoms with Crippen molar-refractivity contribution in [2.75, 3.05) is 0 Å². The van der Waals surface area contributed by atoms with E-state index in [9.17, 15) is 9.59 Å². The first-order chi connectivity index (χ1) is 15.3. The SMILES string of the molecule is CC(C)(C)c1ccc(C(=O)N(Cc2ccccc2)Cc2nc3ccccc3c(=O)[nH]2)cc1. The number of aromatic amines is 1. The number of benzene rings is 3. The largest absolute Gasteiger partial charge is 0.327 e. The molecule has 5 heteroatoms. The number of carbonyl (C=O) groups excluding carboxylic acids is 1. The third-order valence-corrected chi connectivity index (χ3v) is 5.50. The summed E-state index contributed by atoms with van der Waals surface area (Å²) in [5.41, 5.74) is 3.22. The van der Waals surface area contributed by atoms with Crippen LogP contribution in [0.2, 0.25) is 0 Å². The summed E-state index contributed by atoms with van der Waals surface area (Å²) in [7, 11) is 0. The Balaban J connectivity index is 1.67. The van der Waals surface area contributed by atoms with Crippen LogP contribution < -0.4 is 5.56 Å². The molecule has 0 bridgehead atoms. The van der Waals surface area contributed by atoms with Crippen LogP contribution in [-0.2, 0) is 18.5 Å². The van der Waals surface area contributed by atoms with Crippen molar-refractivity contribution in [2.45, 2.75) is 39.3 Å². The Kier molecular flexibility index (Phi) is 5.91. The van der Waals surface area contributed by atoms with Crippen LogP contribution in [0.4, 0.5) is 0 Å². The maximum atomic E-state index is 13.5. The molecule has 4 aromatic rings. The van der Waals surface area contributed by atoms with E-state index in [0.29, 0.717) is 28.8 Å². The Labute approximate surface area is 187 Å². The van der Waals surface area contributed by atoms with Gasteiger partial charge < -0.3 is 9.88 Å². The van der Waals surface area contributed by atoms with Crippen molar-refractivity contribution in [2.24, 2.45) is 0 Å². The first kappa shape index (κ1) is 21.5. The van der Waals surface area contributed by atoms with Crippen LogP contribution in [0.1, 0.15) is 48.1 Å². The Hall–Kier alpha value is -3.73. The van der Waals surface area contributed by atoms with E-state index >= 15 is 0 Å². The number of fused-ring (bicyclic) bond motifs is 1. The van der Waals surface area contributed by atoms with Crippen LogP contribution in [0, 0.1) is 0 Å². The molecule has 1 aromatic heterocycles. The van der Waals surface area contributed by atoms with E-state index in [1.54, 1.807) is 11.0 Å². The molecule has 0 aliphatic carbocycles. The number of hydrogen-bond donors (Lipinski definition) is 1. The molecule has 0 spiro atoms. The van der Waals surface area contributed by atoms with E-state index in [-0.39, 0.29) is 23.4 Å². The second-order valence-corrected chi connectivity index (χ2v) is 9.00. The highest BCUT2D eigenvalue weighted by molar-refractivity contribution is 5.94. The van der Waals surface area contributed by atoms with Gasteiger partial charge in [0.1, 0.15) is 5.82 Å². The molecule has 0 radical (unpaired) electrons. The van der Waals surface area contributed by atoms with Crippen LogP contribution in [0.15, 0.2) is 83.7 Å². The van der Waals surface area contributed by atoms with Crippen molar-refractivity contribution >= 4 is 16.8 Å². The molecule has 0 saturated carbocycles. The first-order valence-corrected chi connectivity index (χ1v) is 10.7. The number of nitrogens with one attached hydrogen (secondary N) is 1. The molecule has 32 heavy (non-hydrogen) atoms. The quantitative estimate of drug-likeness (QED) is 0.486. The summed E-state index contributed by atoms with van der Waals surface area (Å²) < 4.78 is 0. The van der Waals surface area contributed by atoms with E-state index < -0.39 is 0 Å². The Bertz CT molecular complexity index is 1290. The number of aromatic nitrogens is 2. The van der Waals surface area contributed by atoms with Crippen molar-refractivity contribution in [1.82, 2.24) is 14.9 Å². The fourth-order valence-electron chi connectivity index (χ4n) is 3.69. The molecule has 0 fully saturated rings. The Morgan fingerprint density at radius 3 is 2.22 bits per heavy atom. The van der Waals surface area contributed by atoms with Gasteiger partial charge in [-0.05, 0) is 40.8 Å². The maximum absolute atomic E-state index is 13.5. The van der Waals surface area contributed by atoms with Gasteiger partial charge in [0.15, 0.2) is 0 Å². The van der Waals surface area contributed by atoms with Gasteiger partial charge in [0.2, 0.25) is 0 Å². The van der Waals surface area contributed by atoms with E-state index in [2.05, 4.69) is 30.7 Å². The molecule has 0 unspecified atom stereocenters. The lowest BCUT2D eigenvalue weighted by Gasteiger charge is -2.24. The first-order valence-electron chi connectivity index (χ1n) is 10.7. The van der Waals surface area contributed by atoms with Gasteiger partial charge in [0.25, 0.3) is 11.5 Å². The van der Waals surface area contributed by atoms with Crippen LogP contribution in [0.5, 0.6) is 0 Å². The average molecular weight is 426 g/mol. The molecule has 0 aliphatic rings. The highest BCUT2D eigenvalue weighted by Crippen LogP contribution is 2.23. The number of amides is 1. The molecule has 1 heterocycles. The van der Waals surface area contributed by atoms with E-state index in [1.165, 1.54) is 5.56 Å². The summed E-state index contributed by atoms with van der Waals surface area (Å²) in [6.07, 6.45) is 0. The molecular weight excluding hydrogens is 398 g/mol. The maximum Gasteiger partial charge on any atom is 0.258 e. The molecule has 1 N–H and O–H groups in total. The summed E-state index contributed by atoms with van der Waals surface area (Å²) in [5.74, 6) is 0.356. The third kappa shape index (κ3) is 4.78. The van der Waals surface area contributed by atoms with E-state index in [1.807, 2.05) is 72.8 Å². The monoisotopic (exact) mass is 425 g/mol. The summed E-state index contributed by atoms with van der Waals surface area (Å²) >= 11 is 0. The minimum absolute atomic E-state index is 0.0137. The Morgan fingerprint density at radius 2 is 1.53 bits per heavy atom. The van der Waals surface area contributed by atoms with Gasteiger partial charge in [-0.25, -0.2) is 4.98 Å². The van der Waals surface area contributed by atoms with Crippen molar-refractivity contribution in [3.8, 4) is 0 Å². The second kappa shape index (κ2) is 8.79. The van der Waals surface area contributed by atoms with Gasteiger partial charge in [-0.1, -0.05) is 75.4 Å². The number of hydrogen-bond acceptors (Lipinski definition) is 3. The lowest BCUT2D eigenvalue weighted by Crippen LogP contribution is -2.31. The second-order valence-electron chi connectivity index (χ2n) is 9.00. The van der Waals surface area contributed by atoms with Gasteiger partial charge in [-0.2, -0.15) is 0 Å². The highest BCUT2D eigenvalue weighted by Gasteiger charge is 2.20. The van der Waals surface area contributed by atoms with Crippen molar-refractivity contribution < 1.29 is 4.79 Å². The zero-order valence-electron chi connectivity index (χ0n) is 18.6. The zero-order chi connectivity index (χ0) is 22.7. The fraction of sp³-hybridized carbons (Fsp3) is 0.222. The summed E-state index contributed by atoms with van der Waals surface area (Å²) in [6.45, 7) is 7.06. The summed E-state index contributed by atoms with van der Waals surface area (Å²) in [6, 6.07) is 24.8.